The van der Waals surface area contributed by atoms with Gasteiger partial charge in [-0.1, -0.05) is 5.46 Å². The van der Waals surface area contributed by atoms with E-state index in [2.05, 4.69) is 10.2 Å². The van der Waals surface area contributed by atoms with Gasteiger partial charge in [-0.25, -0.2) is 0 Å². The van der Waals surface area contributed by atoms with E-state index in [-0.39, 0.29) is 62.8 Å². The monoisotopic (exact) mass is 202 g/mol. The van der Waals surface area contributed by atoms with Crippen molar-refractivity contribution >= 4 is 12.4 Å². The summed E-state index contributed by atoms with van der Waals surface area (Å²) in [4.78, 5) is 0. The van der Waals surface area contributed by atoms with Crippen LogP contribution in [0.3, 0.4) is 0 Å². The molecule has 0 spiro atoms. The quantitative estimate of drug-likeness (QED) is 0.528. The van der Waals surface area contributed by atoms with Crippen molar-refractivity contribution in [1.29, 1.82) is 0 Å². The fourth-order valence-electron chi connectivity index (χ4n) is 1.04. The maximum absolute atomic E-state index is 12.1. The summed E-state index contributed by atoms with van der Waals surface area (Å²) in [6.45, 7) is -2.20. The molecule has 1 aromatic rings. The average Bonchev–Trinajstić information content (AvgIpc) is 2.08. The van der Waals surface area contributed by atoms with Crippen molar-refractivity contribution in [2.75, 3.05) is 0 Å². The van der Waals surface area contributed by atoms with Gasteiger partial charge in [-0.15, -0.1) is 0 Å². The van der Waals surface area contributed by atoms with Crippen LogP contribution >= 0.6 is 0 Å². The van der Waals surface area contributed by atoms with E-state index in [1.165, 1.54) is 13.8 Å². The Labute approximate surface area is 111 Å². The van der Waals surface area contributed by atoms with Crippen molar-refractivity contribution < 1.29 is 64.3 Å². The van der Waals surface area contributed by atoms with Crippen molar-refractivity contribution in [3.8, 4) is 0 Å². The molecule has 0 aliphatic rings. The van der Waals surface area contributed by atoms with Crippen molar-refractivity contribution in [3.05, 3.63) is 11.4 Å². The van der Waals surface area contributed by atoms with Gasteiger partial charge >= 0.3 is 58.4 Å². The Morgan fingerprint density at radius 3 is 1.92 bits per heavy atom. The predicted molar refractivity (Wildman–Crippen MR) is 36.8 cm³/mol. The fraction of sp³-hybridized carbons (Fsp3) is 0.400. The second-order valence-corrected chi connectivity index (χ2v) is 2.42. The molecule has 1 N–H and O–H groups in total. The molecule has 1 rings (SSSR count). The molecule has 0 saturated heterocycles. The molecule has 7 heteroatoms. The summed E-state index contributed by atoms with van der Waals surface area (Å²) < 4.78 is 36.4. The molecular weight excluding hydrogens is 195 g/mol. The van der Waals surface area contributed by atoms with E-state index in [1.807, 2.05) is 0 Å². The zero-order valence-electron chi connectivity index (χ0n) is 7.16. The summed E-state index contributed by atoms with van der Waals surface area (Å²) in [5.41, 5.74) is -0.477. The van der Waals surface area contributed by atoms with Crippen LogP contribution in [0.2, 0.25) is 0 Å². The Hall–Kier alpha value is 0.701. The zero-order valence-corrected chi connectivity index (χ0v) is 10.3. The number of aromatic nitrogens is 2. The smallest absolute Gasteiger partial charge is 0.445 e. The molecule has 0 radical (unpaired) electrons. The molecule has 0 aliphatic heterocycles. The summed E-state index contributed by atoms with van der Waals surface area (Å²) >= 11 is 0. The summed E-state index contributed by atoms with van der Waals surface area (Å²) in [6, 6.07) is 0. The largest absolute Gasteiger partial charge is 1.00 e. The van der Waals surface area contributed by atoms with Gasteiger partial charge in [0.25, 0.3) is 0 Å². The van der Waals surface area contributed by atoms with Crippen LogP contribution in [-0.2, 0) is 0 Å². The minimum atomic E-state index is -4.91. The first-order chi connectivity index (χ1) is 4.93. The third-order valence-corrected chi connectivity index (χ3v) is 1.51. The molecular formula is C5H7BF3KN2. The van der Waals surface area contributed by atoms with Crippen molar-refractivity contribution in [2.24, 2.45) is 0 Å². The maximum Gasteiger partial charge on any atom is 1.00 e. The van der Waals surface area contributed by atoms with E-state index < -0.39 is 12.4 Å². The van der Waals surface area contributed by atoms with E-state index in [1.54, 1.807) is 0 Å². The van der Waals surface area contributed by atoms with E-state index in [4.69, 9.17) is 0 Å². The number of hydrogen-bond donors (Lipinski definition) is 1. The molecule has 62 valence electrons. The summed E-state index contributed by atoms with van der Waals surface area (Å²) in [5, 5.41) is 5.74. The average molecular weight is 202 g/mol. The zero-order chi connectivity index (χ0) is 8.65. The van der Waals surface area contributed by atoms with Crippen molar-refractivity contribution in [3.63, 3.8) is 0 Å². The van der Waals surface area contributed by atoms with E-state index in [0.29, 0.717) is 0 Å². The minimum Gasteiger partial charge on any atom is -0.445 e. The molecule has 1 heterocycles. The number of nitrogens with zero attached hydrogens (tertiary/aromatic N) is 1. The van der Waals surface area contributed by atoms with Crippen molar-refractivity contribution in [1.82, 2.24) is 10.2 Å². The van der Waals surface area contributed by atoms with Gasteiger partial charge in [0.1, 0.15) is 0 Å². The Balaban J connectivity index is 0.00000121. The molecule has 12 heavy (non-hydrogen) atoms. The van der Waals surface area contributed by atoms with Gasteiger partial charge < -0.3 is 12.9 Å². The molecule has 0 unspecified atom stereocenters. The van der Waals surface area contributed by atoms with Gasteiger partial charge in [0.15, 0.2) is 0 Å². The van der Waals surface area contributed by atoms with Gasteiger partial charge in [0.2, 0.25) is 0 Å². The number of H-pyrrole nitrogens is 1. The molecule has 0 aliphatic carbocycles. The number of halogens is 3. The Kier molecular flexibility index (Phi) is 4.53. The summed E-state index contributed by atoms with van der Waals surface area (Å²) in [7, 11) is 0. The summed E-state index contributed by atoms with van der Waals surface area (Å²) in [5.74, 6) is 0. The molecule has 0 bridgehead atoms. The van der Waals surface area contributed by atoms with E-state index in [0.717, 1.165) is 0 Å². The van der Waals surface area contributed by atoms with Crippen LogP contribution in [0.4, 0.5) is 12.9 Å². The maximum atomic E-state index is 12.1. The number of nitrogens with one attached hydrogen (secondary N) is 1. The fourth-order valence-corrected chi connectivity index (χ4v) is 1.04. The first-order valence-corrected chi connectivity index (χ1v) is 3.14. The SMILES string of the molecule is Cc1n[nH]c(C)c1[B-](F)(F)F.[K+]. The number of aryl methyl sites for hydroxylation is 2. The van der Waals surface area contributed by atoms with Crippen LogP contribution < -0.4 is 56.8 Å². The van der Waals surface area contributed by atoms with Gasteiger partial charge in [-0.2, -0.15) is 5.10 Å². The van der Waals surface area contributed by atoms with Gasteiger partial charge in [0.05, 0.1) is 0 Å². The molecule has 0 amide bonds. The first kappa shape index (κ1) is 12.7. The molecule has 2 nitrogen and oxygen atoms in total. The molecule has 0 fully saturated rings. The molecule has 0 atom stereocenters. The standard InChI is InChI=1S/C5H7BF3N2.K/c1-3-5(6(7,8)9)4(2)11-10-3;/h1-2H3,(H,10,11);/q-1;+1. The Bertz CT molecular complexity index is 251. The summed E-state index contributed by atoms with van der Waals surface area (Å²) in [6.07, 6.45) is 0. The minimum absolute atomic E-state index is 0. The van der Waals surface area contributed by atoms with E-state index in [9.17, 15) is 12.9 Å². The van der Waals surface area contributed by atoms with Gasteiger partial charge in [-0.3, -0.25) is 5.10 Å². The van der Waals surface area contributed by atoms with Crippen LogP contribution in [0.5, 0.6) is 0 Å². The third kappa shape index (κ3) is 2.59. The number of hydrogen-bond acceptors (Lipinski definition) is 1. The molecule has 0 saturated carbocycles. The molecule has 1 aromatic heterocycles. The van der Waals surface area contributed by atoms with E-state index >= 15 is 0 Å². The topological polar surface area (TPSA) is 28.7 Å². The number of aromatic amines is 1. The predicted octanol–water partition coefficient (Wildman–Crippen LogP) is -1.92. The Morgan fingerprint density at radius 2 is 1.75 bits per heavy atom. The van der Waals surface area contributed by atoms with Gasteiger partial charge in [0, 0.05) is 11.4 Å². The van der Waals surface area contributed by atoms with Gasteiger partial charge in [-0.05, 0) is 13.8 Å². The van der Waals surface area contributed by atoms with Crippen LogP contribution in [0.15, 0.2) is 0 Å². The second kappa shape index (κ2) is 4.28. The molecule has 0 aromatic carbocycles. The van der Waals surface area contributed by atoms with Crippen LogP contribution in [-0.4, -0.2) is 17.2 Å². The first-order valence-electron chi connectivity index (χ1n) is 3.14. The third-order valence-electron chi connectivity index (χ3n) is 1.51. The van der Waals surface area contributed by atoms with Crippen LogP contribution in [0.1, 0.15) is 11.4 Å². The van der Waals surface area contributed by atoms with Crippen molar-refractivity contribution in [2.45, 2.75) is 13.8 Å². The second-order valence-electron chi connectivity index (χ2n) is 2.42. The Morgan fingerprint density at radius 1 is 1.25 bits per heavy atom. The van der Waals surface area contributed by atoms with Crippen LogP contribution in [0, 0.1) is 13.8 Å². The van der Waals surface area contributed by atoms with Crippen LogP contribution in [0.25, 0.3) is 0 Å². The normalized spacial score (nSPS) is 11.1. The number of rotatable bonds is 1.